The average Bonchev–Trinajstić information content (AvgIpc) is 2.61. The SMILES string of the molecule is CCCCc1cnc(-c2ccc(OC(C)(CC)C(=O)O)cc2)nc1. The summed E-state index contributed by atoms with van der Waals surface area (Å²) in [5.74, 6) is 0.198. The van der Waals surface area contributed by atoms with Gasteiger partial charge in [-0.15, -0.1) is 0 Å². The summed E-state index contributed by atoms with van der Waals surface area (Å²) in [4.78, 5) is 20.1. The van der Waals surface area contributed by atoms with E-state index in [9.17, 15) is 9.90 Å². The van der Waals surface area contributed by atoms with Gasteiger partial charge in [-0.2, -0.15) is 0 Å². The van der Waals surface area contributed by atoms with Crippen LogP contribution in [0.1, 0.15) is 45.6 Å². The van der Waals surface area contributed by atoms with Gasteiger partial charge in [-0.3, -0.25) is 0 Å². The third-order valence-electron chi connectivity index (χ3n) is 4.11. The minimum atomic E-state index is -1.22. The molecule has 0 spiro atoms. The summed E-state index contributed by atoms with van der Waals surface area (Å²) in [5, 5.41) is 9.27. The second-order valence-corrected chi connectivity index (χ2v) is 6.03. The lowest BCUT2D eigenvalue weighted by molar-refractivity contribution is -0.154. The molecule has 1 aromatic heterocycles. The van der Waals surface area contributed by atoms with Crippen LogP contribution in [0.5, 0.6) is 5.75 Å². The van der Waals surface area contributed by atoms with Gasteiger partial charge in [0.25, 0.3) is 0 Å². The molecule has 1 unspecified atom stereocenters. The number of carboxylic acids is 1. The lowest BCUT2D eigenvalue weighted by atomic mass is 10.0. The van der Waals surface area contributed by atoms with Crippen molar-refractivity contribution in [1.29, 1.82) is 0 Å². The molecule has 2 aromatic rings. The lowest BCUT2D eigenvalue weighted by Crippen LogP contribution is -2.40. The van der Waals surface area contributed by atoms with E-state index in [1.807, 2.05) is 24.5 Å². The number of aliphatic carboxylic acids is 1. The maximum Gasteiger partial charge on any atom is 0.347 e. The summed E-state index contributed by atoms with van der Waals surface area (Å²) in [6.07, 6.45) is 7.38. The molecule has 1 atom stereocenters. The summed E-state index contributed by atoms with van der Waals surface area (Å²) in [7, 11) is 0. The first-order valence-electron chi connectivity index (χ1n) is 8.32. The van der Waals surface area contributed by atoms with E-state index in [-0.39, 0.29) is 0 Å². The van der Waals surface area contributed by atoms with Gasteiger partial charge in [0.15, 0.2) is 5.82 Å². The molecule has 0 fully saturated rings. The predicted octanol–water partition coefficient (Wildman–Crippen LogP) is 4.12. The third-order valence-corrected chi connectivity index (χ3v) is 4.11. The summed E-state index contributed by atoms with van der Waals surface area (Å²) >= 11 is 0. The maximum absolute atomic E-state index is 11.3. The van der Waals surface area contributed by atoms with E-state index >= 15 is 0 Å². The molecule has 1 N–H and O–H groups in total. The molecule has 2 rings (SSSR count). The largest absolute Gasteiger partial charge is 0.478 e. The van der Waals surface area contributed by atoms with Gasteiger partial charge in [-0.1, -0.05) is 20.3 Å². The number of rotatable bonds is 8. The molecule has 0 saturated heterocycles. The fourth-order valence-corrected chi connectivity index (χ4v) is 2.21. The third kappa shape index (κ3) is 4.31. The Morgan fingerprint density at radius 1 is 1.17 bits per heavy atom. The minimum absolute atomic E-state index is 0.381. The normalized spacial score (nSPS) is 13.3. The molecule has 5 nitrogen and oxygen atoms in total. The summed E-state index contributed by atoms with van der Waals surface area (Å²) in [6, 6.07) is 7.18. The van der Waals surface area contributed by atoms with Crippen LogP contribution in [0.4, 0.5) is 0 Å². The Bertz CT molecular complexity index is 668. The average molecular weight is 328 g/mol. The van der Waals surface area contributed by atoms with Gasteiger partial charge in [0.05, 0.1) is 0 Å². The van der Waals surface area contributed by atoms with Crippen LogP contribution in [-0.2, 0) is 11.2 Å². The number of nitrogens with zero attached hydrogens (tertiary/aromatic N) is 2. The van der Waals surface area contributed by atoms with Gasteiger partial charge in [-0.05, 0) is 56.0 Å². The highest BCUT2D eigenvalue weighted by molar-refractivity contribution is 5.77. The molecule has 128 valence electrons. The number of carbonyl (C=O) groups is 1. The maximum atomic E-state index is 11.3. The summed E-state index contributed by atoms with van der Waals surface area (Å²) in [5.41, 5.74) is 0.789. The molecule has 0 saturated carbocycles. The van der Waals surface area contributed by atoms with Crippen LogP contribution >= 0.6 is 0 Å². The summed E-state index contributed by atoms with van der Waals surface area (Å²) < 4.78 is 5.63. The highest BCUT2D eigenvalue weighted by Crippen LogP contribution is 2.24. The van der Waals surface area contributed by atoms with Gasteiger partial charge >= 0.3 is 5.97 Å². The lowest BCUT2D eigenvalue weighted by Gasteiger charge is -2.24. The molecule has 1 aromatic carbocycles. The quantitative estimate of drug-likeness (QED) is 0.789. The number of ether oxygens (including phenoxy) is 1. The Morgan fingerprint density at radius 2 is 1.79 bits per heavy atom. The molecule has 0 radical (unpaired) electrons. The minimum Gasteiger partial charge on any atom is -0.478 e. The second kappa shape index (κ2) is 7.90. The number of hydrogen-bond donors (Lipinski definition) is 1. The van der Waals surface area contributed by atoms with E-state index in [2.05, 4.69) is 16.9 Å². The van der Waals surface area contributed by atoms with Crippen molar-refractivity contribution < 1.29 is 14.6 Å². The van der Waals surface area contributed by atoms with Crippen molar-refractivity contribution in [3.8, 4) is 17.1 Å². The molecule has 0 aliphatic rings. The first-order valence-corrected chi connectivity index (χ1v) is 8.32. The Labute approximate surface area is 142 Å². The highest BCUT2D eigenvalue weighted by atomic mass is 16.5. The van der Waals surface area contributed by atoms with E-state index in [1.165, 1.54) is 0 Å². The monoisotopic (exact) mass is 328 g/mol. The Balaban J connectivity index is 2.10. The standard InChI is InChI=1S/C19H24N2O3/c1-4-6-7-14-12-20-17(21-13-14)15-8-10-16(11-9-15)24-19(3,5-2)18(22)23/h8-13H,4-7H2,1-3H3,(H,22,23). The number of aromatic nitrogens is 2. The topological polar surface area (TPSA) is 72.3 Å². The van der Waals surface area contributed by atoms with Gasteiger partial charge in [-0.25, -0.2) is 14.8 Å². The van der Waals surface area contributed by atoms with Gasteiger partial charge < -0.3 is 9.84 Å². The van der Waals surface area contributed by atoms with Gasteiger partial charge in [0.2, 0.25) is 5.60 Å². The van der Waals surface area contributed by atoms with E-state index in [0.29, 0.717) is 18.0 Å². The molecule has 0 aliphatic heterocycles. The van der Waals surface area contributed by atoms with Crippen molar-refractivity contribution in [1.82, 2.24) is 9.97 Å². The van der Waals surface area contributed by atoms with Crippen LogP contribution in [-0.4, -0.2) is 26.6 Å². The number of carboxylic acid groups (broad SMARTS) is 1. The molecule has 0 aliphatic carbocycles. The van der Waals surface area contributed by atoms with Crippen LogP contribution in [0, 0.1) is 0 Å². The van der Waals surface area contributed by atoms with Crippen molar-refractivity contribution in [3.05, 3.63) is 42.2 Å². The molecule has 0 bridgehead atoms. The highest BCUT2D eigenvalue weighted by Gasteiger charge is 2.33. The number of hydrogen-bond acceptors (Lipinski definition) is 4. The molecular weight excluding hydrogens is 304 g/mol. The van der Waals surface area contributed by atoms with Crippen LogP contribution in [0.25, 0.3) is 11.4 Å². The van der Waals surface area contributed by atoms with E-state index in [0.717, 1.165) is 30.4 Å². The van der Waals surface area contributed by atoms with Crippen LogP contribution in [0.2, 0.25) is 0 Å². The van der Waals surface area contributed by atoms with Crippen LogP contribution in [0.3, 0.4) is 0 Å². The van der Waals surface area contributed by atoms with E-state index in [4.69, 9.17) is 4.74 Å². The zero-order valence-corrected chi connectivity index (χ0v) is 14.5. The zero-order valence-electron chi connectivity index (χ0n) is 14.5. The van der Waals surface area contributed by atoms with Gasteiger partial charge in [0.1, 0.15) is 5.75 Å². The summed E-state index contributed by atoms with van der Waals surface area (Å²) in [6.45, 7) is 5.52. The van der Waals surface area contributed by atoms with Crippen molar-refractivity contribution in [2.45, 2.75) is 52.1 Å². The Kier molecular flexibility index (Phi) is 5.90. The van der Waals surface area contributed by atoms with E-state index < -0.39 is 11.6 Å². The number of benzene rings is 1. The van der Waals surface area contributed by atoms with Crippen LogP contribution in [0.15, 0.2) is 36.7 Å². The Hall–Kier alpha value is -2.43. The number of aryl methyl sites for hydroxylation is 1. The first kappa shape index (κ1) is 17.9. The smallest absolute Gasteiger partial charge is 0.347 e. The van der Waals surface area contributed by atoms with Crippen molar-refractivity contribution in [2.24, 2.45) is 0 Å². The fourth-order valence-electron chi connectivity index (χ4n) is 2.21. The first-order chi connectivity index (χ1) is 11.5. The van der Waals surface area contributed by atoms with Crippen LogP contribution < -0.4 is 4.74 Å². The van der Waals surface area contributed by atoms with E-state index in [1.54, 1.807) is 26.0 Å². The molecule has 0 amide bonds. The molecule has 5 heteroatoms. The van der Waals surface area contributed by atoms with Crippen molar-refractivity contribution >= 4 is 5.97 Å². The van der Waals surface area contributed by atoms with Gasteiger partial charge in [0, 0.05) is 18.0 Å². The predicted molar refractivity (Wildman–Crippen MR) is 93.0 cm³/mol. The van der Waals surface area contributed by atoms with Crippen molar-refractivity contribution in [2.75, 3.05) is 0 Å². The molecular formula is C19H24N2O3. The van der Waals surface area contributed by atoms with Crippen molar-refractivity contribution in [3.63, 3.8) is 0 Å². The Morgan fingerprint density at radius 3 is 2.29 bits per heavy atom. The molecule has 24 heavy (non-hydrogen) atoms. The zero-order chi connectivity index (χ0) is 17.6. The second-order valence-electron chi connectivity index (χ2n) is 6.03. The fraction of sp³-hybridized carbons (Fsp3) is 0.421. The molecule has 1 heterocycles. The number of unbranched alkanes of at least 4 members (excludes halogenated alkanes) is 1.